The van der Waals surface area contributed by atoms with Crippen molar-refractivity contribution in [2.45, 2.75) is 19.3 Å². The minimum atomic E-state index is 0.231. The summed E-state index contributed by atoms with van der Waals surface area (Å²) in [6, 6.07) is 0. The Hall–Kier alpha value is -1.43. The monoisotopic (exact) mass is 207 g/mol. The molecule has 0 atom stereocenters. The van der Waals surface area contributed by atoms with Crippen molar-refractivity contribution in [1.82, 2.24) is 19.4 Å². The molecule has 14 heavy (non-hydrogen) atoms. The van der Waals surface area contributed by atoms with Crippen LogP contribution < -0.4 is 5.73 Å². The lowest BCUT2D eigenvalue weighted by Crippen LogP contribution is -2.02. The molecule has 2 aromatic heterocycles. The molecule has 0 fully saturated rings. The Labute approximate surface area is 85.0 Å². The van der Waals surface area contributed by atoms with E-state index in [0.717, 1.165) is 12.8 Å². The molecule has 1 aliphatic carbocycles. The van der Waals surface area contributed by atoms with Crippen LogP contribution in [0.25, 0.3) is 5.78 Å². The summed E-state index contributed by atoms with van der Waals surface area (Å²) in [7, 11) is 0. The maximum atomic E-state index is 5.52. The third-order valence-electron chi connectivity index (χ3n) is 2.56. The molecule has 0 radical (unpaired) electrons. The van der Waals surface area contributed by atoms with Gasteiger partial charge in [-0.1, -0.05) is 0 Å². The van der Waals surface area contributed by atoms with Crippen LogP contribution in [0.15, 0.2) is 0 Å². The van der Waals surface area contributed by atoms with Gasteiger partial charge in [0.15, 0.2) is 0 Å². The first-order chi connectivity index (χ1) is 6.75. The quantitative estimate of drug-likeness (QED) is 0.628. The molecule has 5 nitrogen and oxygen atoms in total. The zero-order valence-corrected chi connectivity index (χ0v) is 8.27. The van der Waals surface area contributed by atoms with Crippen LogP contribution in [-0.2, 0) is 12.8 Å². The standard InChI is InChI=1S/C8H9N5S/c9-6-11-7-10-4-2-1-3-5(4)13(7)8(14)12-6/h1-3H2,(H3,9,10,11,12,14). The summed E-state index contributed by atoms with van der Waals surface area (Å²) in [5, 5.41) is 0. The van der Waals surface area contributed by atoms with E-state index >= 15 is 0 Å². The summed E-state index contributed by atoms with van der Waals surface area (Å²) >= 11 is 5.15. The maximum absolute atomic E-state index is 5.52. The molecule has 0 saturated carbocycles. The van der Waals surface area contributed by atoms with Crippen LogP contribution in [0.1, 0.15) is 17.8 Å². The molecular weight excluding hydrogens is 198 g/mol. The van der Waals surface area contributed by atoms with E-state index in [9.17, 15) is 0 Å². The molecule has 0 aliphatic heterocycles. The van der Waals surface area contributed by atoms with Crippen molar-refractivity contribution >= 4 is 23.9 Å². The van der Waals surface area contributed by atoms with Gasteiger partial charge >= 0.3 is 0 Å². The molecule has 3 N–H and O–H groups in total. The van der Waals surface area contributed by atoms with Gasteiger partial charge in [0.05, 0.1) is 0 Å². The lowest BCUT2D eigenvalue weighted by Gasteiger charge is -1.97. The van der Waals surface area contributed by atoms with E-state index in [0.29, 0.717) is 10.5 Å². The largest absolute Gasteiger partial charge is 0.368 e. The number of rotatable bonds is 0. The van der Waals surface area contributed by atoms with Gasteiger partial charge < -0.3 is 10.7 Å². The molecule has 0 saturated heterocycles. The van der Waals surface area contributed by atoms with E-state index in [1.807, 2.05) is 4.40 Å². The smallest absolute Gasteiger partial charge is 0.226 e. The minimum Gasteiger partial charge on any atom is -0.368 e. The molecule has 1 aliphatic rings. The SMILES string of the molecule is Nc1nc(=S)n2c3c([nH]c2n1)CCC3. The number of hydrogen-bond donors (Lipinski definition) is 2. The van der Waals surface area contributed by atoms with Crippen molar-refractivity contribution in [3.8, 4) is 0 Å². The first kappa shape index (κ1) is 7.93. The van der Waals surface area contributed by atoms with Gasteiger partial charge in [0.25, 0.3) is 0 Å². The summed E-state index contributed by atoms with van der Waals surface area (Å²) in [5.41, 5.74) is 7.95. The van der Waals surface area contributed by atoms with Crippen molar-refractivity contribution in [3.05, 3.63) is 16.2 Å². The number of H-pyrrole nitrogens is 1. The molecule has 0 bridgehead atoms. The highest BCUT2D eigenvalue weighted by Gasteiger charge is 2.18. The summed E-state index contributed by atoms with van der Waals surface area (Å²) in [4.78, 5) is 11.3. The molecule has 72 valence electrons. The van der Waals surface area contributed by atoms with Gasteiger partial charge in [-0.05, 0) is 31.5 Å². The number of nitrogens with two attached hydrogens (primary N) is 1. The van der Waals surface area contributed by atoms with Gasteiger partial charge in [-0.3, -0.25) is 4.40 Å². The number of nitrogens with one attached hydrogen (secondary N) is 1. The predicted molar refractivity (Wildman–Crippen MR) is 54.6 cm³/mol. The number of nitrogens with zero attached hydrogens (tertiary/aromatic N) is 3. The van der Waals surface area contributed by atoms with Gasteiger partial charge in [0.1, 0.15) is 0 Å². The van der Waals surface area contributed by atoms with Crippen LogP contribution in [-0.4, -0.2) is 19.4 Å². The van der Waals surface area contributed by atoms with Crippen LogP contribution in [0.4, 0.5) is 5.95 Å². The van der Waals surface area contributed by atoms with Crippen molar-refractivity contribution in [1.29, 1.82) is 0 Å². The fraction of sp³-hybridized carbons (Fsp3) is 0.375. The summed E-state index contributed by atoms with van der Waals surface area (Å²) in [6.07, 6.45) is 3.27. The minimum absolute atomic E-state index is 0.231. The number of aromatic amines is 1. The number of imidazole rings is 1. The van der Waals surface area contributed by atoms with E-state index in [-0.39, 0.29) is 5.95 Å². The topological polar surface area (TPSA) is 72.0 Å². The molecular formula is C8H9N5S. The van der Waals surface area contributed by atoms with Crippen LogP contribution in [0.5, 0.6) is 0 Å². The Morgan fingerprint density at radius 1 is 1.36 bits per heavy atom. The lowest BCUT2D eigenvalue weighted by atomic mass is 10.4. The second-order valence-electron chi connectivity index (χ2n) is 3.43. The molecule has 0 amide bonds. The Bertz CT molecular complexity index is 567. The number of aromatic nitrogens is 4. The maximum Gasteiger partial charge on any atom is 0.226 e. The molecule has 2 heterocycles. The second kappa shape index (κ2) is 2.54. The lowest BCUT2D eigenvalue weighted by molar-refractivity contribution is 0.849. The predicted octanol–water partition coefficient (Wildman–Crippen LogP) is 0.858. The normalized spacial score (nSPS) is 14.9. The average molecular weight is 207 g/mol. The highest BCUT2D eigenvalue weighted by atomic mass is 32.1. The van der Waals surface area contributed by atoms with Crippen LogP contribution in [0, 0.1) is 4.77 Å². The highest BCUT2D eigenvalue weighted by molar-refractivity contribution is 7.71. The van der Waals surface area contributed by atoms with Gasteiger partial charge in [-0.15, -0.1) is 0 Å². The number of anilines is 1. The Morgan fingerprint density at radius 2 is 2.21 bits per heavy atom. The molecule has 3 rings (SSSR count). The van der Waals surface area contributed by atoms with Crippen molar-refractivity contribution in [3.63, 3.8) is 0 Å². The number of hydrogen-bond acceptors (Lipinski definition) is 4. The average Bonchev–Trinajstić information content (AvgIpc) is 2.60. The van der Waals surface area contributed by atoms with E-state index in [4.69, 9.17) is 18.0 Å². The first-order valence-electron chi connectivity index (χ1n) is 4.52. The first-order valence-corrected chi connectivity index (χ1v) is 4.92. The van der Waals surface area contributed by atoms with E-state index in [1.54, 1.807) is 0 Å². The van der Waals surface area contributed by atoms with Crippen molar-refractivity contribution in [2.24, 2.45) is 0 Å². The summed E-state index contributed by atoms with van der Waals surface area (Å²) in [6.45, 7) is 0. The third kappa shape index (κ3) is 0.913. The number of nitrogen functional groups attached to an aromatic ring is 1. The second-order valence-corrected chi connectivity index (χ2v) is 3.79. The Kier molecular flexibility index (Phi) is 1.44. The highest BCUT2D eigenvalue weighted by Crippen LogP contribution is 2.22. The molecule has 6 heteroatoms. The number of aryl methyl sites for hydroxylation is 2. The fourth-order valence-corrected chi connectivity index (χ4v) is 2.28. The van der Waals surface area contributed by atoms with Gasteiger partial charge in [0, 0.05) is 11.4 Å². The Balaban J connectivity index is 2.50. The van der Waals surface area contributed by atoms with Gasteiger partial charge in [-0.25, -0.2) is 0 Å². The molecule has 0 spiro atoms. The van der Waals surface area contributed by atoms with Crippen LogP contribution >= 0.6 is 12.2 Å². The zero-order chi connectivity index (χ0) is 9.71. The summed E-state index contributed by atoms with van der Waals surface area (Å²) < 4.78 is 2.38. The molecule has 2 aromatic rings. The molecule has 0 aromatic carbocycles. The van der Waals surface area contributed by atoms with E-state index in [2.05, 4.69) is 15.0 Å². The Morgan fingerprint density at radius 3 is 3.07 bits per heavy atom. The van der Waals surface area contributed by atoms with Crippen molar-refractivity contribution < 1.29 is 0 Å². The number of fused-ring (bicyclic) bond motifs is 3. The fourth-order valence-electron chi connectivity index (χ4n) is 1.99. The van der Waals surface area contributed by atoms with Crippen molar-refractivity contribution in [2.75, 3.05) is 5.73 Å². The van der Waals surface area contributed by atoms with E-state index < -0.39 is 0 Å². The summed E-state index contributed by atoms with van der Waals surface area (Å²) in [5.74, 6) is 0.946. The van der Waals surface area contributed by atoms with E-state index in [1.165, 1.54) is 17.8 Å². The third-order valence-corrected chi connectivity index (χ3v) is 2.83. The zero-order valence-electron chi connectivity index (χ0n) is 7.45. The van der Waals surface area contributed by atoms with Crippen LogP contribution in [0.2, 0.25) is 0 Å². The van der Waals surface area contributed by atoms with Crippen LogP contribution in [0.3, 0.4) is 0 Å². The van der Waals surface area contributed by atoms with Gasteiger partial charge in [0.2, 0.25) is 16.5 Å². The van der Waals surface area contributed by atoms with Gasteiger partial charge in [-0.2, -0.15) is 9.97 Å². The molecule has 0 unspecified atom stereocenters.